The Kier molecular flexibility index (Phi) is 7.22. The molecule has 1 amide bonds. The van der Waals surface area contributed by atoms with Gasteiger partial charge in [0.25, 0.3) is 5.91 Å². The fourth-order valence-electron chi connectivity index (χ4n) is 2.96. The lowest BCUT2D eigenvalue weighted by Crippen LogP contribution is -2.26. The van der Waals surface area contributed by atoms with E-state index >= 15 is 0 Å². The molecule has 0 saturated heterocycles. The minimum absolute atomic E-state index is 0.158. The number of nitrogens with zero attached hydrogens (tertiary/aromatic N) is 2. The number of hydrogen-bond acceptors (Lipinski definition) is 3. The van der Waals surface area contributed by atoms with Crippen molar-refractivity contribution in [2.45, 2.75) is 30.9 Å². The SMILES string of the molecule is Cc1c(Br)c(/C=N\NC(=O)[C@H](C)Sc2ccc(Cl)cc2)c(C)n1-c1ccccc1. The van der Waals surface area contributed by atoms with Gasteiger partial charge in [-0.2, -0.15) is 5.10 Å². The second-order valence-electron chi connectivity index (χ2n) is 6.52. The minimum Gasteiger partial charge on any atom is -0.317 e. The number of hydrogen-bond donors (Lipinski definition) is 1. The van der Waals surface area contributed by atoms with E-state index in [1.807, 2.05) is 63.2 Å². The quantitative estimate of drug-likeness (QED) is 0.256. The number of carbonyl (C=O) groups is 1. The highest BCUT2D eigenvalue weighted by Crippen LogP contribution is 2.29. The van der Waals surface area contributed by atoms with Crippen LogP contribution in [-0.2, 0) is 4.79 Å². The maximum Gasteiger partial charge on any atom is 0.253 e. The Hall–Kier alpha value is -2.02. The van der Waals surface area contributed by atoms with Crippen LogP contribution in [0.15, 0.2) is 69.1 Å². The van der Waals surface area contributed by atoms with E-state index in [2.05, 4.69) is 43.2 Å². The van der Waals surface area contributed by atoms with E-state index in [0.717, 1.165) is 32.0 Å². The average molecular weight is 491 g/mol. The van der Waals surface area contributed by atoms with Gasteiger partial charge in [-0.05, 0) is 73.1 Å². The second-order valence-corrected chi connectivity index (χ2v) is 9.16. The lowest BCUT2D eigenvalue weighted by atomic mass is 10.2. The van der Waals surface area contributed by atoms with Gasteiger partial charge < -0.3 is 4.57 Å². The molecule has 0 aliphatic heterocycles. The van der Waals surface area contributed by atoms with Crippen LogP contribution in [0.5, 0.6) is 0 Å². The van der Waals surface area contributed by atoms with Crippen molar-refractivity contribution >= 4 is 51.4 Å². The summed E-state index contributed by atoms with van der Waals surface area (Å²) in [4.78, 5) is 13.4. The van der Waals surface area contributed by atoms with Gasteiger partial charge in [-0.1, -0.05) is 29.8 Å². The maximum absolute atomic E-state index is 12.4. The molecule has 7 heteroatoms. The summed E-state index contributed by atoms with van der Waals surface area (Å²) in [6, 6.07) is 17.6. The molecule has 1 heterocycles. The Morgan fingerprint density at radius 1 is 1.14 bits per heavy atom. The van der Waals surface area contributed by atoms with Gasteiger partial charge in [0.15, 0.2) is 0 Å². The van der Waals surface area contributed by atoms with E-state index in [-0.39, 0.29) is 11.2 Å². The molecule has 0 bridgehead atoms. The first-order valence-electron chi connectivity index (χ1n) is 9.06. The van der Waals surface area contributed by atoms with Crippen molar-refractivity contribution in [2.75, 3.05) is 0 Å². The van der Waals surface area contributed by atoms with Crippen molar-refractivity contribution < 1.29 is 4.79 Å². The number of benzene rings is 2. The standard InChI is InChI=1S/C22H21BrClN3OS/c1-14-20(21(23)15(2)27(14)18-7-5-4-6-8-18)13-25-26-22(28)16(3)29-19-11-9-17(24)10-12-19/h4-13,16H,1-3H3,(H,26,28)/b25-13-/t16-/m0/s1. The van der Waals surface area contributed by atoms with Gasteiger partial charge in [0, 0.05) is 37.0 Å². The molecule has 0 unspecified atom stereocenters. The van der Waals surface area contributed by atoms with Gasteiger partial charge >= 0.3 is 0 Å². The first-order valence-corrected chi connectivity index (χ1v) is 11.1. The molecule has 1 atom stereocenters. The van der Waals surface area contributed by atoms with Crippen LogP contribution in [0, 0.1) is 13.8 Å². The summed E-state index contributed by atoms with van der Waals surface area (Å²) in [5, 5.41) is 4.58. The molecule has 3 aromatic rings. The monoisotopic (exact) mass is 489 g/mol. The molecule has 1 N–H and O–H groups in total. The Morgan fingerprint density at radius 3 is 2.45 bits per heavy atom. The van der Waals surface area contributed by atoms with Crippen molar-refractivity contribution in [1.29, 1.82) is 0 Å². The first-order chi connectivity index (χ1) is 13.9. The molecule has 150 valence electrons. The van der Waals surface area contributed by atoms with Gasteiger partial charge in [-0.3, -0.25) is 4.79 Å². The fraction of sp³-hybridized carbons (Fsp3) is 0.182. The van der Waals surface area contributed by atoms with Gasteiger partial charge in [-0.25, -0.2) is 5.43 Å². The van der Waals surface area contributed by atoms with E-state index in [4.69, 9.17) is 11.6 Å². The third kappa shape index (κ3) is 5.13. The second kappa shape index (κ2) is 9.65. The normalized spacial score (nSPS) is 12.3. The Morgan fingerprint density at radius 2 is 1.79 bits per heavy atom. The van der Waals surface area contributed by atoms with Crippen molar-refractivity contribution in [1.82, 2.24) is 9.99 Å². The highest BCUT2D eigenvalue weighted by molar-refractivity contribution is 9.10. The number of amides is 1. The van der Waals surface area contributed by atoms with E-state index in [1.54, 1.807) is 6.21 Å². The highest BCUT2D eigenvalue weighted by Gasteiger charge is 2.16. The molecule has 0 radical (unpaired) electrons. The summed E-state index contributed by atoms with van der Waals surface area (Å²) in [5.41, 5.74) is 6.78. The van der Waals surface area contributed by atoms with E-state index in [1.165, 1.54) is 11.8 Å². The first kappa shape index (κ1) is 21.7. The largest absolute Gasteiger partial charge is 0.317 e. The molecular formula is C22H21BrClN3OS. The number of thioether (sulfide) groups is 1. The van der Waals surface area contributed by atoms with E-state index < -0.39 is 0 Å². The van der Waals surface area contributed by atoms with E-state index in [9.17, 15) is 4.79 Å². The van der Waals surface area contributed by atoms with Gasteiger partial charge in [0.05, 0.1) is 11.5 Å². The Bertz CT molecular complexity index is 1030. The summed E-state index contributed by atoms with van der Waals surface area (Å²) < 4.78 is 3.12. The molecule has 0 fully saturated rings. The molecule has 4 nitrogen and oxygen atoms in total. The fourth-order valence-corrected chi connectivity index (χ4v) is 4.51. The Balaban J connectivity index is 1.70. The van der Waals surface area contributed by atoms with Crippen molar-refractivity contribution in [3.05, 3.63) is 81.0 Å². The molecule has 0 aliphatic carbocycles. The molecule has 1 aromatic heterocycles. The number of aromatic nitrogens is 1. The number of hydrazone groups is 1. The zero-order valence-corrected chi connectivity index (χ0v) is 19.5. The van der Waals surface area contributed by atoms with Crippen LogP contribution in [0.2, 0.25) is 5.02 Å². The number of halogens is 2. The predicted molar refractivity (Wildman–Crippen MR) is 125 cm³/mol. The van der Waals surface area contributed by atoms with Crippen molar-refractivity contribution in [3.63, 3.8) is 0 Å². The average Bonchev–Trinajstić information content (AvgIpc) is 2.93. The third-order valence-corrected chi connectivity index (χ3v) is 6.86. The highest BCUT2D eigenvalue weighted by atomic mass is 79.9. The Labute approximate surface area is 188 Å². The smallest absolute Gasteiger partial charge is 0.253 e. The van der Waals surface area contributed by atoms with Crippen LogP contribution in [-0.4, -0.2) is 21.9 Å². The third-order valence-electron chi connectivity index (χ3n) is 4.49. The lowest BCUT2D eigenvalue weighted by Gasteiger charge is -2.09. The van der Waals surface area contributed by atoms with Crippen LogP contribution < -0.4 is 5.43 Å². The van der Waals surface area contributed by atoms with E-state index in [0.29, 0.717) is 5.02 Å². The number of carbonyl (C=O) groups excluding carboxylic acids is 1. The van der Waals surface area contributed by atoms with Crippen LogP contribution in [0.25, 0.3) is 5.69 Å². The molecule has 2 aromatic carbocycles. The zero-order chi connectivity index (χ0) is 21.0. The lowest BCUT2D eigenvalue weighted by molar-refractivity contribution is -0.120. The summed E-state index contributed by atoms with van der Waals surface area (Å²) in [7, 11) is 0. The summed E-state index contributed by atoms with van der Waals surface area (Å²) in [6.07, 6.45) is 1.68. The maximum atomic E-state index is 12.4. The number of rotatable bonds is 6. The topological polar surface area (TPSA) is 46.4 Å². The molecule has 29 heavy (non-hydrogen) atoms. The van der Waals surface area contributed by atoms with Crippen LogP contribution in [0.1, 0.15) is 23.9 Å². The molecule has 3 rings (SSSR count). The summed E-state index contributed by atoms with van der Waals surface area (Å²) >= 11 is 11.0. The van der Waals surface area contributed by atoms with Crippen molar-refractivity contribution in [3.8, 4) is 5.69 Å². The van der Waals surface area contributed by atoms with Gasteiger partial charge in [-0.15, -0.1) is 11.8 Å². The minimum atomic E-state index is -0.284. The molecule has 0 saturated carbocycles. The van der Waals surface area contributed by atoms with Crippen molar-refractivity contribution in [2.24, 2.45) is 5.10 Å². The van der Waals surface area contributed by atoms with Crippen LogP contribution >= 0.6 is 39.3 Å². The summed E-state index contributed by atoms with van der Waals surface area (Å²) in [5.74, 6) is -0.158. The predicted octanol–water partition coefficient (Wildman–Crippen LogP) is 6.14. The zero-order valence-electron chi connectivity index (χ0n) is 16.3. The summed E-state index contributed by atoms with van der Waals surface area (Å²) in [6.45, 7) is 5.93. The number of nitrogens with one attached hydrogen (secondary N) is 1. The molecule has 0 spiro atoms. The molecular weight excluding hydrogens is 470 g/mol. The van der Waals surface area contributed by atoms with Crippen LogP contribution in [0.4, 0.5) is 0 Å². The molecule has 0 aliphatic rings. The van der Waals surface area contributed by atoms with Crippen LogP contribution in [0.3, 0.4) is 0 Å². The number of para-hydroxylation sites is 1. The van der Waals surface area contributed by atoms with Gasteiger partial charge in [0.1, 0.15) is 0 Å². The van der Waals surface area contributed by atoms with Gasteiger partial charge in [0.2, 0.25) is 0 Å².